The first-order chi connectivity index (χ1) is 16.9. The molecule has 3 heterocycles. The van der Waals surface area contributed by atoms with E-state index in [-0.39, 0.29) is 18.4 Å². The Morgan fingerprint density at radius 2 is 1.77 bits per heavy atom. The van der Waals surface area contributed by atoms with E-state index in [2.05, 4.69) is 39.6 Å². The molecule has 180 valence electrons. The van der Waals surface area contributed by atoms with Crippen LogP contribution < -0.4 is 10.6 Å². The van der Waals surface area contributed by atoms with Crippen molar-refractivity contribution in [1.82, 2.24) is 19.8 Å². The minimum atomic E-state index is -0.157. The number of hydrogen-bond acceptors (Lipinski definition) is 7. The minimum Gasteiger partial charge on any atom is -0.326 e. The lowest BCUT2D eigenvalue weighted by Gasteiger charge is -2.32. The number of benzene rings is 2. The van der Waals surface area contributed by atoms with Gasteiger partial charge in [0.2, 0.25) is 5.91 Å². The molecule has 0 unspecified atom stereocenters. The maximum atomic E-state index is 12.5. The van der Waals surface area contributed by atoms with Gasteiger partial charge in [0, 0.05) is 42.8 Å². The van der Waals surface area contributed by atoms with Crippen LogP contribution in [-0.2, 0) is 11.2 Å². The first kappa shape index (κ1) is 23.4. The summed E-state index contributed by atoms with van der Waals surface area (Å²) in [5, 5.41) is 9.03. The molecule has 0 spiro atoms. The van der Waals surface area contributed by atoms with Crippen LogP contribution in [0.3, 0.4) is 0 Å². The third-order valence-electron chi connectivity index (χ3n) is 5.86. The number of aryl methyl sites for hydroxylation is 1. The summed E-state index contributed by atoms with van der Waals surface area (Å²) < 4.78 is 1.17. The van der Waals surface area contributed by atoms with Crippen molar-refractivity contribution in [3.05, 3.63) is 59.1 Å². The van der Waals surface area contributed by atoms with Gasteiger partial charge in [0.1, 0.15) is 5.01 Å². The number of nitrogens with one attached hydrogen (secondary N) is 2. The topological polar surface area (TPSA) is 90.5 Å². The average molecular weight is 507 g/mol. The van der Waals surface area contributed by atoms with E-state index in [0.29, 0.717) is 23.9 Å². The lowest BCUT2D eigenvalue weighted by atomic mass is 10.2. The third-order valence-corrected chi connectivity index (χ3v) is 7.73. The lowest BCUT2D eigenvalue weighted by Crippen LogP contribution is -2.48. The smallest absolute Gasteiger partial charge is 0.323 e. The fraction of sp³-hybridized carbons (Fsp3) is 0.280. The van der Waals surface area contributed by atoms with Crippen molar-refractivity contribution in [2.45, 2.75) is 13.3 Å². The second-order valence-corrected chi connectivity index (χ2v) is 10.5. The summed E-state index contributed by atoms with van der Waals surface area (Å²) in [5.74, 6) is -0.157. The molecule has 1 aliphatic heterocycles. The van der Waals surface area contributed by atoms with Crippen LogP contribution in [-0.4, -0.2) is 64.9 Å². The van der Waals surface area contributed by atoms with Gasteiger partial charge in [-0.15, -0.1) is 22.7 Å². The van der Waals surface area contributed by atoms with Gasteiger partial charge in [-0.3, -0.25) is 10.1 Å². The van der Waals surface area contributed by atoms with Crippen molar-refractivity contribution in [3.8, 4) is 10.6 Å². The van der Waals surface area contributed by atoms with Crippen molar-refractivity contribution in [1.29, 1.82) is 0 Å². The summed E-state index contributed by atoms with van der Waals surface area (Å²) in [6, 6.07) is 13.8. The van der Waals surface area contributed by atoms with Crippen LogP contribution in [0.1, 0.15) is 11.3 Å². The fourth-order valence-corrected chi connectivity index (χ4v) is 5.62. The van der Waals surface area contributed by atoms with Gasteiger partial charge in [-0.05, 0) is 55.9 Å². The maximum absolute atomic E-state index is 12.5. The van der Waals surface area contributed by atoms with Crippen molar-refractivity contribution in [2.75, 3.05) is 43.9 Å². The Kier molecular flexibility index (Phi) is 6.76. The van der Waals surface area contributed by atoms with Crippen molar-refractivity contribution >= 4 is 55.6 Å². The molecule has 4 aromatic rings. The Bertz CT molecular complexity index is 1360. The van der Waals surface area contributed by atoms with E-state index < -0.39 is 0 Å². The first-order valence-electron chi connectivity index (χ1n) is 11.4. The largest absolute Gasteiger partial charge is 0.326 e. The molecule has 1 saturated heterocycles. The molecule has 5 rings (SSSR count). The normalized spacial score (nSPS) is 14.3. The van der Waals surface area contributed by atoms with Gasteiger partial charge in [0.25, 0.3) is 0 Å². The number of piperazine rings is 1. The molecular formula is C25H26N6O2S2. The van der Waals surface area contributed by atoms with E-state index in [1.165, 1.54) is 21.6 Å². The third kappa shape index (κ3) is 5.67. The molecule has 2 N–H and O–H groups in total. The number of urea groups is 1. The van der Waals surface area contributed by atoms with E-state index in [0.717, 1.165) is 34.9 Å². The number of rotatable bonds is 5. The zero-order valence-corrected chi connectivity index (χ0v) is 21.2. The number of nitrogens with zero attached hydrogens (tertiary/aromatic N) is 4. The summed E-state index contributed by atoms with van der Waals surface area (Å²) in [4.78, 5) is 38.1. The Hall–Kier alpha value is -3.34. The van der Waals surface area contributed by atoms with Gasteiger partial charge in [0.15, 0.2) is 5.13 Å². The monoisotopic (exact) mass is 506 g/mol. The summed E-state index contributed by atoms with van der Waals surface area (Å²) in [5.41, 5.74) is 4.57. The van der Waals surface area contributed by atoms with Gasteiger partial charge in [0.05, 0.1) is 22.3 Å². The molecule has 1 aliphatic rings. The number of fused-ring (bicyclic) bond motifs is 1. The molecule has 1 fully saturated rings. The number of aromatic nitrogens is 2. The highest BCUT2D eigenvalue weighted by Crippen LogP contribution is 2.31. The van der Waals surface area contributed by atoms with E-state index in [9.17, 15) is 9.59 Å². The quantitative estimate of drug-likeness (QED) is 0.410. The fourth-order valence-electron chi connectivity index (χ4n) is 3.85. The standard InChI is InChI=1S/C25H26N6O2S2/c1-16-3-8-20-21(13-16)35-23(28-20)17-4-6-18(7-5-17)26-22(32)14-19-15-34-24(27-19)29-25(33)31-11-9-30(2)10-12-31/h3-8,13,15H,9-12,14H2,1-2H3,(H,26,32)(H,27,29,33). The van der Waals surface area contributed by atoms with Gasteiger partial charge in [-0.2, -0.15) is 0 Å². The van der Waals surface area contributed by atoms with Crippen LogP contribution in [0.5, 0.6) is 0 Å². The summed E-state index contributed by atoms with van der Waals surface area (Å²) in [6.07, 6.45) is 0.139. The highest BCUT2D eigenvalue weighted by atomic mass is 32.1. The van der Waals surface area contributed by atoms with E-state index in [1.54, 1.807) is 21.6 Å². The summed E-state index contributed by atoms with van der Waals surface area (Å²) in [7, 11) is 2.05. The predicted octanol–water partition coefficient (Wildman–Crippen LogP) is 4.69. The minimum absolute atomic E-state index is 0.139. The highest BCUT2D eigenvalue weighted by molar-refractivity contribution is 7.21. The van der Waals surface area contributed by atoms with E-state index >= 15 is 0 Å². The van der Waals surface area contributed by atoms with Crippen LogP contribution in [0.4, 0.5) is 15.6 Å². The summed E-state index contributed by atoms with van der Waals surface area (Å²) in [6.45, 7) is 5.18. The van der Waals surface area contributed by atoms with Crippen LogP contribution in [0.25, 0.3) is 20.8 Å². The predicted molar refractivity (Wildman–Crippen MR) is 142 cm³/mol. The highest BCUT2D eigenvalue weighted by Gasteiger charge is 2.20. The zero-order chi connectivity index (χ0) is 24.4. The molecule has 0 aliphatic carbocycles. The zero-order valence-electron chi connectivity index (χ0n) is 19.6. The molecule has 0 radical (unpaired) electrons. The second-order valence-electron chi connectivity index (χ2n) is 8.66. The number of amides is 3. The van der Waals surface area contributed by atoms with Gasteiger partial charge >= 0.3 is 6.03 Å². The first-order valence-corrected chi connectivity index (χ1v) is 13.1. The SMILES string of the molecule is Cc1ccc2nc(-c3ccc(NC(=O)Cc4csc(NC(=O)N5CCN(C)CC5)n4)cc3)sc2c1. The number of anilines is 2. The van der Waals surface area contributed by atoms with Crippen LogP contribution in [0, 0.1) is 6.92 Å². The second kappa shape index (κ2) is 10.1. The lowest BCUT2D eigenvalue weighted by molar-refractivity contribution is -0.115. The van der Waals surface area contributed by atoms with Crippen molar-refractivity contribution in [3.63, 3.8) is 0 Å². The Labute approximate surface area is 211 Å². The molecule has 3 amide bonds. The van der Waals surface area contributed by atoms with E-state index in [1.807, 2.05) is 37.4 Å². The van der Waals surface area contributed by atoms with Gasteiger partial charge in [-0.1, -0.05) is 6.07 Å². The molecular weight excluding hydrogens is 480 g/mol. The molecule has 10 heteroatoms. The molecule has 0 saturated carbocycles. The molecule has 2 aromatic heterocycles. The molecule has 0 atom stereocenters. The van der Waals surface area contributed by atoms with E-state index in [4.69, 9.17) is 4.98 Å². The molecule has 35 heavy (non-hydrogen) atoms. The Morgan fingerprint density at radius 1 is 1.00 bits per heavy atom. The van der Waals surface area contributed by atoms with Crippen LogP contribution in [0.15, 0.2) is 47.8 Å². The number of thiazole rings is 2. The number of carbonyl (C=O) groups excluding carboxylic acids is 2. The number of hydrogen-bond donors (Lipinski definition) is 2. The van der Waals surface area contributed by atoms with Gasteiger partial charge < -0.3 is 15.1 Å². The Balaban J connectivity index is 1.15. The molecule has 0 bridgehead atoms. The average Bonchev–Trinajstić information content (AvgIpc) is 3.46. The number of carbonyl (C=O) groups is 2. The van der Waals surface area contributed by atoms with Gasteiger partial charge in [-0.25, -0.2) is 14.8 Å². The van der Waals surface area contributed by atoms with Crippen molar-refractivity contribution < 1.29 is 9.59 Å². The molecule has 2 aromatic carbocycles. The number of likely N-dealkylation sites (N-methyl/N-ethyl adjacent to an activating group) is 1. The van der Waals surface area contributed by atoms with Crippen molar-refractivity contribution in [2.24, 2.45) is 0 Å². The Morgan fingerprint density at radius 3 is 2.54 bits per heavy atom. The van der Waals surface area contributed by atoms with Crippen LogP contribution in [0.2, 0.25) is 0 Å². The van der Waals surface area contributed by atoms with Crippen LogP contribution >= 0.6 is 22.7 Å². The summed E-state index contributed by atoms with van der Waals surface area (Å²) >= 11 is 2.99. The molecule has 8 nitrogen and oxygen atoms in total. The maximum Gasteiger partial charge on any atom is 0.323 e.